The number of piperidine rings is 1. The van der Waals surface area contributed by atoms with Crippen molar-refractivity contribution in [3.63, 3.8) is 0 Å². The molecule has 0 aromatic heterocycles. The number of benzene rings is 2. The number of ketones is 1. The first kappa shape index (κ1) is 27.7. The molecule has 0 radical (unpaired) electrons. The fourth-order valence-corrected chi connectivity index (χ4v) is 5.68. The van der Waals surface area contributed by atoms with Crippen LogP contribution in [-0.4, -0.2) is 54.7 Å². The number of anilines is 2. The van der Waals surface area contributed by atoms with Crippen LogP contribution in [0.25, 0.3) is 0 Å². The van der Waals surface area contributed by atoms with Gasteiger partial charge in [0, 0.05) is 56.5 Å². The van der Waals surface area contributed by atoms with Gasteiger partial charge in [-0.2, -0.15) is 0 Å². The number of Topliss-reactive ketones (excluding diaryl/α,β-unsaturated/α-hetero) is 1. The van der Waals surface area contributed by atoms with Crippen molar-refractivity contribution in [3.05, 3.63) is 60.4 Å². The fraction of sp³-hybridized carbons (Fsp3) is 0.483. The van der Waals surface area contributed by atoms with Gasteiger partial charge in [-0.25, -0.2) is 18.0 Å². The number of halogens is 3. The Labute approximate surface area is 221 Å². The molecule has 1 aliphatic carbocycles. The lowest BCUT2D eigenvalue weighted by Gasteiger charge is -2.43. The van der Waals surface area contributed by atoms with Crippen LogP contribution < -0.4 is 9.80 Å². The number of hydrogen-bond acceptors (Lipinski definition) is 3. The third-order valence-corrected chi connectivity index (χ3v) is 8.02. The predicted molar refractivity (Wildman–Crippen MR) is 140 cm³/mol. The second-order valence-electron chi connectivity index (χ2n) is 10.5. The first-order valence-electron chi connectivity index (χ1n) is 13.1. The van der Waals surface area contributed by atoms with Crippen LogP contribution in [0.4, 0.5) is 29.3 Å². The summed E-state index contributed by atoms with van der Waals surface area (Å²) >= 11 is 0. The Kier molecular flexibility index (Phi) is 8.13. The van der Waals surface area contributed by atoms with Gasteiger partial charge in [-0.3, -0.25) is 14.5 Å². The number of carbonyl (C=O) groups is 3. The summed E-state index contributed by atoms with van der Waals surface area (Å²) in [6, 6.07) is 13.8. The summed E-state index contributed by atoms with van der Waals surface area (Å²) in [5.74, 6) is -4.36. The minimum absolute atomic E-state index is 0.0454. The lowest BCUT2D eigenvalue weighted by molar-refractivity contribution is -0.135. The molecular weight excluding hydrogens is 495 g/mol. The van der Waals surface area contributed by atoms with Gasteiger partial charge in [0.05, 0.1) is 5.69 Å². The zero-order chi connectivity index (χ0) is 27.5. The number of carbonyl (C=O) groups excluding carboxylic acids is 3. The summed E-state index contributed by atoms with van der Waals surface area (Å²) in [4.78, 5) is 44.1. The normalized spacial score (nSPS) is 20.4. The van der Waals surface area contributed by atoms with Crippen molar-refractivity contribution in [3.8, 4) is 0 Å². The molecule has 0 spiro atoms. The molecular formula is C29H34F3N3O3. The summed E-state index contributed by atoms with van der Waals surface area (Å²) in [7, 11) is 1.68. The number of para-hydroxylation sites is 2. The van der Waals surface area contributed by atoms with Crippen molar-refractivity contribution in [2.45, 2.75) is 63.8 Å². The van der Waals surface area contributed by atoms with Crippen LogP contribution in [0, 0.1) is 11.2 Å². The minimum Gasteiger partial charge on any atom is -0.324 e. The van der Waals surface area contributed by atoms with Crippen LogP contribution in [0.3, 0.4) is 0 Å². The van der Waals surface area contributed by atoms with Crippen LogP contribution in [0.1, 0.15) is 51.9 Å². The maximum Gasteiger partial charge on any atom is 0.324 e. The van der Waals surface area contributed by atoms with Gasteiger partial charge in [0.15, 0.2) is 0 Å². The fourth-order valence-electron chi connectivity index (χ4n) is 5.68. The number of urea groups is 1. The zero-order valence-electron chi connectivity index (χ0n) is 21.8. The molecule has 0 bridgehead atoms. The van der Waals surface area contributed by atoms with Crippen molar-refractivity contribution < 1.29 is 27.6 Å². The SMILES string of the molecule is CC(=O)C1(CC(=O)N(c2ccccc2F)C2CCCC(F)(F)C2)CCN(C(=O)N(C)c2ccccc2)CC1. The largest absolute Gasteiger partial charge is 0.324 e. The molecule has 1 saturated carbocycles. The average molecular weight is 530 g/mol. The van der Waals surface area contributed by atoms with Crippen LogP contribution in [-0.2, 0) is 9.59 Å². The summed E-state index contributed by atoms with van der Waals surface area (Å²) in [5.41, 5.74) is -0.364. The third kappa shape index (κ3) is 5.87. The standard InChI is InChI=1S/C29H34F3N3O3/c1-21(36)28(15-17-34(18-16-28)27(38)33(2)22-9-4-3-5-10-22)20-26(37)35(25-13-7-6-12-24(25)30)23-11-8-14-29(31,32)19-23/h3-7,9-10,12-13,23H,8,11,14-20H2,1-2H3. The molecule has 2 aliphatic rings. The van der Waals surface area contributed by atoms with Crippen molar-refractivity contribution >= 4 is 29.1 Å². The summed E-state index contributed by atoms with van der Waals surface area (Å²) < 4.78 is 43.5. The first-order chi connectivity index (χ1) is 18.0. The number of nitrogens with zero attached hydrogens (tertiary/aromatic N) is 3. The highest BCUT2D eigenvalue weighted by Gasteiger charge is 2.46. The highest BCUT2D eigenvalue weighted by Crippen LogP contribution is 2.41. The maximum atomic E-state index is 14.8. The Morgan fingerprint density at radius 2 is 1.61 bits per heavy atom. The highest BCUT2D eigenvalue weighted by molar-refractivity contribution is 5.98. The highest BCUT2D eigenvalue weighted by atomic mass is 19.3. The van der Waals surface area contributed by atoms with E-state index in [1.165, 1.54) is 30.0 Å². The van der Waals surface area contributed by atoms with E-state index in [9.17, 15) is 27.6 Å². The Morgan fingerprint density at radius 1 is 0.974 bits per heavy atom. The van der Waals surface area contributed by atoms with E-state index >= 15 is 0 Å². The van der Waals surface area contributed by atoms with E-state index in [-0.39, 0.29) is 62.7 Å². The Bertz CT molecular complexity index is 1170. The van der Waals surface area contributed by atoms with Gasteiger partial charge in [-0.05, 0) is 56.9 Å². The molecule has 1 unspecified atom stereocenters. The molecule has 38 heavy (non-hydrogen) atoms. The van der Waals surface area contributed by atoms with E-state index in [2.05, 4.69) is 0 Å². The minimum atomic E-state index is -2.94. The van der Waals surface area contributed by atoms with Crippen LogP contribution >= 0.6 is 0 Å². The molecule has 204 valence electrons. The summed E-state index contributed by atoms with van der Waals surface area (Å²) in [6.45, 7) is 1.96. The molecule has 1 heterocycles. The smallest absolute Gasteiger partial charge is 0.324 e. The molecule has 0 N–H and O–H groups in total. The van der Waals surface area contributed by atoms with E-state index in [1.54, 1.807) is 18.0 Å². The Balaban J connectivity index is 1.53. The topological polar surface area (TPSA) is 60.9 Å². The second-order valence-corrected chi connectivity index (χ2v) is 10.5. The lowest BCUT2D eigenvalue weighted by atomic mass is 9.72. The van der Waals surface area contributed by atoms with E-state index in [1.807, 2.05) is 30.3 Å². The molecule has 1 atom stereocenters. The van der Waals surface area contributed by atoms with E-state index in [0.717, 1.165) is 10.6 Å². The van der Waals surface area contributed by atoms with Crippen molar-refractivity contribution in [2.75, 3.05) is 29.9 Å². The van der Waals surface area contributed by atoms with E-state index in [4.69, 9.17) is 0 Å². The number of amides is 3. The van der Waals surface area contributed by atoms with Gasteiger partial charge in [-0.15, -0.1) is 0 Å². The molecule has 2 aromatic rings. The quantitative estimate of drug-likeness (QED) is 0.458. The van der Waals surface area contributed by atoms with Gasteiger partial charge < -0.3 is 9.80 Å². The molecule has 4 rings (SSSR count). The number of hydrogen-bond donors (Lipinski definition) is 0. The molecule has 2 aromatic carbocycles. The first-order valence-corrected chi connectivity index (χ1v) is 13.1. The lowest BCUT2D eigenvalue weighted by Crippen LogP contribution is -2.52. The third-order valence-electron chi connectivity index (χ3n) is 8.02. The van der Waals surface area contributed by atoms with Gasteiger partial charge in [0.25, 0.3) is 0 Å². The van der Waals surface area contributed by atoms with Crippen molar-refractivity contribution in [2.24, 2.45) is 5.41 Å². The molecule has 3 amide bonds. The second kappa shape index (κ2) is 11.2. The molecule has 2 fully saturated rings. The van der Waals surface area contributed by atoms with Gasteiger partial charge >= 0.3 is 6.03 Å². The zero-order valence-corrected chi connectivity index (χ0v) is 21.8. The number of rotatable bonds is 6. The molecule has 1 saturated heterocycles. The van der Waals surface area contributed by atoms with E-state index in [0.29, 0.717) is 6.42 Å². The molecule has 1 aliphatic heterocycles. The van der Waals surface area contributed by atoms with Gasteiger partial charge in [0.2, 0.25) is 11.8 Å². The van der Waals surface area contributed by atoms with Crippen LogP contribution in [0.2, 0.25) is 0 Å². The predicted octanol–water partition coefficient (Wildman–Crippen LogP) is 6.05. The molecule has 9 heteroatoms. The maximum absolute atomic E-state index is 14.8. The van der Waals surface area contributed by atoms with Crippen molar-refractivity contribution in [1.29, 1.82) is 0 Å². The van der Waals surface area contributed by atoms with Crippen LogP contribution in [0.5, 0.6) is 0 Å². The average Bonchev–Trinajstić information content (AvgIpc) is 2.89. The van der Waals surface area contributed by atoms with E-state index < -0.39 is 35.5 Å². The Hall–Kier alpha value is -3.36. The number of likely N-dealkylation sites (tertiary alicyclic amines) is 1. The molecule has 6 nitrogen and oxygen atoms in total. The van der Waals surface area contributed by atoms with Crippen molar-refractivity contribution in [1.82, 2.24) is 4.90 Å². The monoisotopic (exact) mass is 529 g/mol. The number of alkyl halides is 2. The van der Waals surface area contributed by atoms with Gasteiger partial charge in [-0.1, -0.05) is 30.3 Å². The van der Waals surface area contributed by atoms with Crippen LogP contribution in [0.15, 0.2) is 54.6 Å². The summed E-state index contributed by atoms with van der Waals surface area (Å²) in [5, 5.41) is 0. The Morgan fingerprint density at radius 3 is 2.21 bits per heavy atom. The van der Waals surface area contributed by atoms with Gasteiger partial charge in [0.1, 0.15) is 11.6 Å². The summed E-state index contributed by atoms with van der Waals surface area (Å²) in [6.07, 6.45) is 0.0321.